The average Bonchev–Trinajstić information content (AvgIpc) is 2.48. The van der Waals surface area contributed by atoms with Gasteiger partial charge in [0, 0.05) is 31.7 Å². The quantitative estimate of drug-likeness (QED) is 0.791. The van der Waals surface area contributed by atoms with Gasteiger partial charge in [-0.1, -0.05) is 0 Å². The number of nitriles is 1. The highest BCUT2D eigenvalue weighted by Crippen LogP contribution is 2.16. The fraction of sp³-hybridized carbons (Fsp3) is 0.429. The van der Waals surface area contributed by atoms with Crippen LogP contribution in [0.1, 0.15) is 10.4 Å². The first kappa shape index (κ1) is 15.2. The van der Waals surface area contributed by atoms with E-state index >= 15 is 0 Å². The number of piperazine rings is 1. The van der Waals surface area contributed by atoms with Gasteiger partial charge in [-0.2, -0.15) is 14.0 Å². The smallest absolute Gasteiger partial charge is 0.387 e. The molecule has 21 heavy (non-hydrogen) atoms. The number of benzene rings is 1. The molecule has 0 atom stereocenters. The zero-order valence-corrected chi connectivity index (χ0v) is 11.3. The van der Waals surface area contributed by atoms with Crippen molar-refractivity contribution in [1.82, 2.24) is 9.80 Å². The van der Waals surface area contributed by atoms with Gasteiger partial charge in [0.15, 0.2) is 0 Å². The van der Waals surface area contributed by atoms with Crippen molar-refractivity contribution in [2.45, 2.75) is 6.61 Å². The van der Waals surface area contributed by atoms with Crippen LogP contribution in [0.2, 0.25) is 0 Å². The molecule has 0 saturated carbocycles. The van der Waals surface area contributed by atoms with Gasteiger partial charge >= 0.3 is 6.61 Å². The predicted molar refractivity (Wildman–Crippen MR) is 71.0 cm³/mol. The normalized spacial score (nSPS) is 15.8. The van der Waals surface area contributed by atoms with Crippen LogP contribution >= 0.6 is 0 Å². The maximum atomic E-state index is 12.3. The van der Waals surface area contributed by atoms with E-state index in [1.165, 1.54) is 24.3 Å². The number of hydrogen-bond donors (Lipinski definition) is 0. The minimum Gasteiger partial charge on any atom is -0.435 e. The van der Waals surface area contributed by atoms with E-state index in [9.17, 15) is 13.6 Å². The molecule has 1 aliphatic heterocycles. The summed E-state index contributed by atoms with van der Waals surface area (Å²) in [4.78, 5) is 15.9. The van der Waals surface area contributed by atoms with Gasteiger partial charge in [0.05, 0.1) is 12.6 Å². The van der Waals surface area contributed by atoms with E-state index in [4.69, 9.17) is 5.26 Å². The lowest BCUT2D eigenvalue weighted by Crippen LogP contribution is -2.48. The highest BCUT2D eigenvalue weighted by atomic mass is 19.3. The Balaban J connectivity index is 1.93. The van der Waals surface area contributed by atoms with E-state index in [0.717, 1.165) is 0 Å². The van der Waals surface area contributed by atoms with E-state index in [1.807, 2.05) is 4.90 Å². The lowest BCUT2D eigenvalue weighted by atomic mass is 10.1. The van der Waals surface area contributed by atoms with Crippen molar-refractivity contribution >= 4 is 5.91 Å². The van der Waals surface area contributed by atoms with Gasteiger partial charge in [-0.25, -0.2) is 0 Å². The van der Waals surface area contributed by atoms with Gasteiger partial charge < -0.3 is 9.64 Å². The summed E-state index contributed by atoms with van der Waals surface area (Å²) >= 11 is 0. The molecule has 1 aliphatic rings. The molecule has 0 N–H and O–H groups in total. The number of rotatable bonds is 4. The first-order chi connectivity index (χ1) is 10.1. The Morgan fingerprint density at radius 3 is 2.38 bits per heavy atom. The molecular formula is C14H15F2N3O2. The molecule has 1 heterocycles. The Bertz CT molecular complexity index is 520. The topological polar surface area (TPSA) is 56.6 Å². The van der Waals surface area contributed by atoms with Crippen molar-refractivity contribution in [1.29, 1.82) is 5.26 Å². The molecule has 0 aliphatic carbocycles. The third-order valence-electron chi connectivity index (χ3n) is 3.28. The summed E-state index contributed by atoms with van der Waals surface area (Å²) in [5, 5.41) is 8.62. The Morgan fingerprint density at radius 1 is 1.24 bits per heavy atom. The standard InChI is InChI=1S/C14H15F2N3O2/c15-14(16)21-12-3-1-11(2-4-12)13(20)19-9-7-18(6-5-17)8-10-19/h1-4,14H,6-10H2. The molecule has 1 aromatic rings. The minimum atomic E-state index is -2.88. The van der Waals surface area contributed by atoms with Crippen molar-refractivity contribution in [3.8, 4) is 11.8 Å². The predicted octanol–water partition coefficient (Wildman–Crippen LogP) is 1.57. The van der Waals surface area contributed by atoms with Crippen LogP contribution in [0.3, 0.4) is 0 Å². The fourth-order valence-corrected chi connectivity index (χ4v) is 2.17. The molecular weight excluding hydrogens is 280 g/mol. The fourth-order valence-electron chi connectivity index (χ4n) is 2.17. The number of nitrogens with zero attached hydrogens (tertiary/aromatic N) is 3. The van der Waals surface area contributed by atoms with E-state index in [0.29, 0.717) is 38.3 Å². The first-order valence-corrected chi connectivity index (χ1v) is 6.53. The molecule has 0 spiro atoms. The molecule has 7 heteroatoms. The zero-order valence-electron chi connectivity index (χ0n) is 11.3. The number of hydrogen-bond acceptors (Lipinski definition) is 4. The van der Waals surface area contributed by atoms with Crippen LogP contribution in [-0.2, 0) is 0 Å². The van der Waals surface area contributed by atoms with Crippen molar-refractivity contribution in [2.75, 3.05) is 32.7 Å². The molecule has 1 fully saturated rings. The maximum Gasteiger partial charge on any atom is 0.387 e. The summed E-state index contributed by atoms with van der Waals surface area (Å²) in [6.45, 7) is -0.0924. The van der Waals surface area contributed by atoms with E-state index in [-0.39, 0.29) is 11.7 Å². The molecule has 0 bridgehead atoms. The first-order valence-electron chi connectivity index (χ1n) is 6.53. The molecule has 112 valence electrons. The van der Waals surface area contributed by atoms with E-state index in [2.05, 4.69) is 10.8 Å². The van der Waals surface area contributed by atoms with Gasteiger partial charge in [-0.3, -0.25) is 9.69 Å². The molecule has 1 aromatic carbocycles. The second kappa shape index (κ2) is 6.99. The lowest BCUT2D eigenvalue weighted by molar-refractivity contribution is -0.0498. The number of carbonyl (C=O) groups excluding carboxylic acids is 1. The summed E-state index contributed by atoms with van der Waals surface area (Å²) in [6.07, 6.45) is 0. The Morgan fingerprint density at radius 2 is 1.86 bits per heavy atom. The Kier molecular flexibility index (Phi) is 5.06. The van der Waals surface area contributed by atoms with Crippen LogP contribution in [0, 0.1) is 11.3 Å². The molecule has 0 aromatic heterocycles. The van der Waals surface area contributed by atoms with Crippen molar-refractivity contribution < 1.29 is 18.3 Å². The number of alkyl halides is 2. The summed E-state index contributed by atoms with van der Waals surface area (Å²) in [6, 6.07) is 7.74. The number of halogens is 2. The highest BCUT2D eigenvalue weighted by Gasteiger charge is 2.21. The summed E-state index contributed by atoms with van der Waals surface area (Å²) in [7, 11) is 0. The minimum absolute atomic E-state index is 0.0281. The average molecular weight is 295 g/mol. The Labute approximate surface area is 121 Å². The molecule has 1 amide bonds. The van der Waals surface area contributed by atoms with Gasteiger partial charge in [0.1, 0.15) is 5.75 Å². The van der Waals surface area contributed by atoms with Gasteiger partial charge in [0.2, 0.25) is 0 Å². The monoisotopic (exact) mass is 295 g/mol. The summed E-state index contributed by atoms with van der Waals surface area (Å²) in [5.41, 5.74) is 0.436. The van der Waals surface area contributed by atoms with Crippen molar-refractivity contribution in [2.24, 2.45) is 0 Å². The van der Waals surface area contributed by atoms with Crippen LogP contribution in [0.5, 0.6) is 5.75 Å². The van der Waals surface area contributed by atoms with Crippen LogP contribution in [0.4, 0.5) is 8.78 Å². The highest BCUT2D eigenvalue weighted by molar-refractivity contribution is 5.94. The van der Waals surface area contributed by atoms with E-state index in [1.54, 1.807) is 4.90 Å². The van der Waals surface area contributed by atoms with Gasteiger partial charge in [-0.15, -0.1) is 0 Å². The lowest BCUT2D eigenvalue weighted by Gasteiger charge is -2.33. The van der Waals surface area contributed by atoms with Crippen molar-refractivity contribution in [3.05, 3.63) is 29.8 Å². The third-order valence-corrected chi connectivity index (χ3v) is 3.28. The molecule has 1 saturated heterocycles. The summed E-state index contributed by atoms with van der Waals surface area (Å²) in [5.74, 6) is -0.115. The van der Waals surface area contributed by atoms with Crippen LogP contribution in [0.15, 0.2) is 24.3 Å². The number of ether oxygens (including phenoxy) is 1. The Hall–Kier alpha value is -2.20. The van der Waals surface area contributed by atoms with Gasteiger partial charge in [0.25, 0.3) is 5.91 Å². The van der Waals surface area contributed by atoms with Crippen LogP contribution in [0.25, 0.3) is 0 Å². The summed E-state index contributed by atoms with van der Waals surface area (Å²) < 4.78 is 28.3. The SMILES string of the molecule is N#CCN1CCN(C(=O)c2ccc(OC(F)F)cc2)CC1. The van der Waals surface area contributed by atoms with Crippen LogP contribution in [-0.4, -0.2) is 55.0 Å². The second-order valence-electron chi connectivity index (χ2n) is 4.63. The maximum absolute atomic E-state index is 12.3. The molecule has 5 nitrogen and oxygen atoms in total. The van der Waals surface area contributed by atoms with Gasteiger partial charge in [-0.05, 0) is 24.3 Å². The largest absolute Gasteiger partial charge is 0.435 e. The third kappa shape index (κ3) is 4.13. The van der Waals surface area contributed by atoms with E-state index < -0.39 is 6.61 Å². The van der Waals surface area contributed by atoms with Crippen LogP contribution < -0.4 is 4.74 Å². The second-order valence-corrected chi connectivity index (χ2v) is 4.63. The van der Waals surface area contributed by atoms with Crippen molar-refractivity contribution in [3.63, 3.8) is 0 Å². The molecule has 0 unspecified atom stereocenters. The molecule has 2 rings (SSSR count). The molecule has 0 radical (unpaired) electrons. The number of carbonyl (C=O) groups is 1. The number of amides is 1. The zero-order chi connectivity index (χ0) is 15.2.